The van der Waals surface area contributed by atoms with E-state index in [1.54, 1.807) is 12.1 Å². The number of benzene rings is 1. The highest BCUT2D eigenvalue weighted by Crippen LogP contribution is 2.24. The Morgan fingerprint density at radius 3 is 2.50 bits per heavy atom. The quantitative estimate of drug-likeness (QED) is 0.863. The molecule has 0 spiro atoms. The van der Waals surface area contributed by atoms with Crippen molar-refractivity contribution < 1.29 is 24.5 Å². The molecule has 0 unspecified atom stereocenters. The molecule has 2 aliphatic heterocycles. The van der Waals surface area contributed by atoms with E-state index in [-0.39, 0.29) is 11.7 Å². The van der Waals surface area contributed by atoms with E-state index in [9.17, 15) is 9.90 Å². The number of carboxylic acid groups (broad SMARTS) is 1. The molecule has 2 fully saturated rings. The molecule has 2 saturated heterocycles. The number of rotatable bonds is 4. The van der Waals surface area contributed by atoms with Gasteiger partial charge in [-0.05, 0) is 37.1 Å². The van der Waals surface area contributed by atoms with E-state index in [0.29, 0.717) is 24.9 Å². The molecule has 1 aromatic carbocycles. The van der Waals surface area contributed by atoms with Gasteiger partial charge in [-0.25, -0.2) is 4.79 Å². The van der Waals surface area contributed by atoms with E-state index in [4.69, 9.17) is 14.6 Å². The molecule has 0 amide bonds. The van der Waals surface area contributed by atoms with Gasteiger partial charge < -0.3 is 19.7 Å². The molecule has 0 radical (unpaired) electrons. The lowest BCUT2D eigenvalue weighted by Gasteiger charge is -2.30. The molecular weight excluding hydrogens is 286 g/mol. The lowest BCUT2D eigenvalue weighted by molar-refractivity contribution is 0.0375. The molecule has 2 atom stereocenters. The third-order valence-corrected chi connectivity index (χ3v) is 4.36. The monoisotopic (exact) mass is 307 g/mol. The summed E-state index contributed by atoms with van der Waals surface area (Å²) < 4.78 is 11.2. The zero-order valence-corrected chi connectivity index (χ0v) is 12.4. The number of hydrogen-bond donors (Lipinski definition) is 2. The Labute approximate surface area is 129 Å². The minimum Gasteiger partial charge on any atom is -0.486 e. The zero-order valence-electron chi connectivity index (χ0n) is 12.4. The number of carboxylic acids is 1. The Morgan fingerprint density at radius 2 is 1.86 bits per heavy atom. The van der Waals surface area contributed by atoms with E-state index in [1.165, 1.54) is 12.1 Å². The summed E-state index contributed by atoms with van der Waals surface area (Å²) in [5, 5.41) is 19.1. The van der Waals surface area contributed by atoms with Crippen LogP contribution >= 0.6 is 0 Å². The van der Waals surface area contributed by atoms with Crippen LogP contribution in [0.5, 0.6) is 5.75 Å². The number of ether oxygens (including phenoxy) is 2. The van der Waals surface area contributed by atoms with Crippen molar-refractivity contribution in [2.24, 2.45) is 0 Å². The van der Waals surface area contributed by atoms with E-state index in [0.717, 1.165) is 26.1 Å². The number of aliphatic hydroxyl groups is 1. The molecule has 120 valence electrons. The minimum atomic E-state index is -0.960. The highest BCUT2D eigenvalue weighted by atomic mass is 16.5. The van der Waals surface area contributed by atoms with Crippen LogP contribution < -0.4 is 4.74 Å². The average Bonchev–Trinajstić information content (AvgIpc) is 2.90. The van der Waals surface area contributed by atoms with Gasteiger partial charge in [-0.3, -0.25) is 4.90 Å². The van der Waals surface area contributed by atoms with Gasteiger partial charge >= 0.3 is 5.97 Å². The molecule has 6 heteroatoms. The third-order valence-electron chi connectivity index (χ3n) is 4.36. The van der Waals surface area contributed by atoms with Gasteiger partial charge in [0.15, 0.2) is 0 Å². The lowest BCUT2D eigenvalue weighted by Crippen LogP contribution is -2.38. The molecule has 2 N–H and O–H groups in total. The van der Waals surface area contributed by atoms with Crippen molar-refractivity contribution in [1.29, 1.82) is 0 Å². The average molecular weight is 307 g/mol. The fourth-order valence-corrected chi connectivity index (χ4v) is 3.10. The van der Waals surface area contributed by atoms with Crippen LogP contribution in [0.4, 0.5) is 0 Å². The van der Waals surface area contributed by atoms with Gasteiger partial charge in [0.2, 0.25) is 0 Å². The number of aromatic carboxylic acids is 1. The fourth-order valence-electron chi connectivity index (χ4n) is 3.10. The molecule has 1 aromatic rings. The van der Waals surface area contributed by atoms with Gasteiger partial charge in [0.1, 0.15) is 18.0 Å². The number of nitrogens with zero attached hydrogens (tertiary/aromatic N) is 1. The molecule has 3 rings (SSSR count). The predicted molar refractivity (Wildman–Crippen MR) is 79.2 cm³/mol. The normalized spacial score (nSPS) is 27.0. The second kappa shape index (κ2) is 6.64. The highest BCUT2D eigenvalue weighted by molar-refractivity contribution is 5.87. The summed E-state index contributed by atoms with van der Waals surface area (Å²) in [6, 6.07) is 6.73. The van der Waals surface area contributed by atoms with Crippen LogP contribution in [0.25, 0.3) is 0 Å². The van der Waals surface area contributed by atoms with Gasteiger partial charge in [0.05, 0.1) is 5.56 Å². The smallest absolute Gasteiger partial charge is 0.335 e. The van der Waals surface area contributed by atoms with Gasteiger partial charge in [-0.15, -0.1) is 0 Å². The van der Waals surface area contributed by atoms with Gasteiger partial charge in [0, 0.05) is 32.3 Å². The zero-order chi connectivity index (χ0) is 15.5. The first-order valence-electron chi connectivity index (χ1n) is 7.63. The summed E-state index contributed by atoms with van der Waals surface area (Å²) >= 11 is 0. The third kappa shape index (κ3) is 3.40. The van der Waals surface area contributed by atoms with Gasteiger partial charge in [0.25, 0.3) is 0 Å². The molecule has 22 heavy (non-hydrogen) atoms. The van der Waals surface area contributed by atoms with Crippen LogP contribution in [0.3, 0.4) is 0 Å². The van der Waals surface area contributed by atoms with E-state index < -0.39 is 12.1 Å². The summed E-state index contributed by atoms with van der Waals surface area (Å²) in [5.74, 6) is -0.374. The number of likely N-dealkylation sites (tertiary alicyclic amines) is 1. The summed E-state index contributed by atoms with van der Waals surface area (Å²) in [4.78, 5) is 13.1. The molecule has 2 aliphatic rings. The lowest BCUT2D eigenvalue weighted by atomic mass is 10.1. The Hall–Kier alpha value is -1.63. The van der Waals surface area contributed by atoms with Crippen molar-refractivity contribution in [1.82, 2.24) is 4.90 Å². The maximum atomic E-state index is 10.8. The van der Waals surface area contributed by atoms with Crippen molar-refractivity contribution in [2.75, 3.05) is 26.3 Å². The molecular formula is C16H21NO5. The Kier molecular flexibility index (Phi) is 4.61. The predicted octanol–water partition coefficient (Wildman–Crippen LogP) is 0.988. The topological polar surface area (TPSA) is 79.2 Å². The van der Waals surface area contributed by atoms with Crippen LogP contribution in [-0.4, -0.2) is 65.6 Å². The van der Waals surface area contributed by atoms with E-state index >= 15 is 0 Å². The first kappa shape index (κ1) is 15.3. The van der Waals surface area contributed by atoms with Crippen LogP contribution in [0, 0.1) is 0 Å². The van der Waals surface area contributed by atoms with Crippen molar-refractivity contribution in [3.8, 4) is 5.75 Å². The highest BCUT2D eigenvalue weighted by Gasteiger charge is 2.37. The molecule has 0 aromatic heterocycles. The van der Waals surface area contributed by atoms with Crippen molar-refractivity contribution in [2.45, 2.75) is 31.1 Å². The van der Waals surface area contributed by atoms with Crippen LogP contribution in [0.15, 0.2) is 24.3 Å². The van der Waals surface area contributed by atoms with Crippen molar-refractivity contribution >= 4 is 5.97 Å². The Balaban J connectivity index is 1.59. The van der Waals surface area contributed by atoms with Crippen LogP contribution in [0.2, 0.25) is 0 Å². The molecule has 0 saturated carbocycles. The maximum Gasteiger partial charge on any atom is 0.335 e. The Morgan fingerprint density at radius 1 is 1.18 bits per heavy atom. The molecule has 2 heterocycles. The number of hydrogen-bond acceptors (Lipinski definition) is 5. The van der Waals surface area contributed by atoms with E-state index in [2.05, 4.69) is 4.90 Å². The summed E-state index contributed by atoms with van der Waals surface area (Å²) in [6.45, 7) is 2.86. The van der Waals surface area contributed by atoms with Gasteiger partial charge in [-0.1, -0.05) is 0 Å². The second-order valence-electron chi connectivity index (χ2n) is 5.85. The summed E-state index contributed by atoms with van der Waals surface area (Å²) in [7, 11) is 0. The first-order chi connectivity index (χ1) is 10.6. The Bertz CT molecular complexity index is 512. The van der Waals surface area contributed by atoms with E-state index in [1.807, 2.05) is 0 Å². The molecule has 0 aliphatic carbocycles. The number of carbonyl (C=O) groups is 1. The summed E-state index contributed by atoms with van der Waals surface area (Å²) in [6.07, 6.45) is 1.18. The van der Waals surface area contributed by atoms with Crippen LogP contribution in [-0.2, 0) is 4.74 Å². The fraction of sp³-hybridized carbons (Fsp3) is 0.562. The summed E-state index contributed by atoms with van der Waals surface area (Å²) in [5.41, 5.74) is 0.225. The first-order valence-corrected chi connectivity index (χ1v) is 7.63. The molecule has 6 nitrogen and oxygen atoms in total. The second-order valence-corrected chi connectivity index (χ2v) is 5.85. The SMILES string of the molecule is O=C(O)c1ccc(O[C@@H]2CN(C3CCOCC3)C[C@H]2O)cc1. The standard InChI is InChI=1S/C16H21NO5/c18-14-9-17(12-5-7-21-8-6-12)10-15(14)22-13-3-1-11(2-4-13)16(19)20/h1-4,12,14-15,18H,5-10H2,(H,19,20)/t14-,15-/m1/s1. The molecule has 0 bridgehead atoms. The van der Waals surface area contributed by atoms with Gasteiger partial charge in [-0.2, -0.15) is 0 Å². The largest absolute Gasteiger partial charge is 0.486 e. The van der Waals surface area contributed by atoms with Crippen LogP contribution in [0.1, 0.15) is 23.2 Å². The van der Waals surface area contributed by atoms with Crippen molar-refractivity contribution in [3.05, 3.63) is 29.8 Å². The maximum absolute atomic E-state index is 10.8. The number of aliphatic hydroxyl groups excluding tert-OH is 1. The minimum absolute atomic E-state index is 0.225. The van der Waals surface area contributed by atoms with Crippen molar-refractivity contribution in [3.63, 3.8) is 0 Å². The number of β-amino-alcohol motifs (C(OH)–C–C–N with tert-alkyl or cyclic N) is 1.